The molecule has 3 heteroatoms. The topological polar surface area (TPSA) is 12.0 Å². The molecule has 1 nitrogen and oxygen atoms in total. The maximum atomic E-state index is 6.03. The summed E-state index contributed by atoms with van der Waals surface area (Å²) >= 11 is 9.52. The molecular weight excluding hydrogens is 298 g/mol. The summed E-state index contributed by atoms with van der Waals surface area (Å²) in [6.07, 6.45) is 0. The third-order valence-electron chi connectivity index (χ3n) is 2.65. The summed E-state index contributed by atoms with van der Waals surface area (Å²) in [6.45, 7) is 0. The van der Waals surface area contributed by atoms with Gasteiger partial charge < -0.3 is 5.32 Å². The smallest absolute Gasteiger partial charge is 0.0575 e. The van der Waals surface area contributed by atoms with Crippen LogP contribution in [0.5, 0.6) is 0 Å². The van der Waals surface area contributed by atoms with Gasteiger partial charge in [0.1, 0.15) is 0 Å². The molecule has 1 unspecified atom stereocenters. The standard InChI is InChI=1S/C14H13BrClN/c1-17-14(10-4-2-6-12(15)8-10)11-5-3-7-13(16)9-11/h2-9,14,17H,1H3. The van der Waals surface area contributed by atoms with Gasteiger partial charge in [0.15, 0.2) is 0 Å². The molecule has 88 valence electrons. The predicted octanol–water partition coefficient (Wildman–Crippen LogP) is 4.41. The maximum absolute atomic E-state index is 6.03. The van der Waals surface area contributed by atoms with Gasteiger partial charge in [0, 0.05) is 9.50 Å². The highest BCUT2D eigenvalue weighted by Crippen LogP contribution is 2.25. The first kappa shape index (κ1) is 12.6. The molecular formula is C14H13BrClN. The number of benzene rings is 2. The second-order valence-corrected chi connectivity index (χ2v) is 5.18. The minimum absolute atomic E-state index is 0.159. The highest BCUT2D eigenvalue weighted by Gasteiger charge is 2.12. The Labute approximate surface area is 115 Å². The first-order valence-electron chi connectivity index (χ1n) is 5.39. The van der Waals surface area contributed by atoms with Crippen LogP contribution in [0.1, 0.15) is 17.2 Å². The minimum Gasteiger partial charge on any atom is -0.309 e. The van der Waals surface area contributed by atoms with Crippen LogP contribution in [0.25, 0.3) is 0 Å². The van der Waals surface area contributed by atoms with E-state index < -0.39 is 0 Å². The first-order valence-corrected chi connectivity index (χ1v) is 6.56. The van der Waals surface area contributed by atoms with E-state index in [2.05, 4.69) is 39.4 Å². The van der Waals surface area contributed by atoms with Crippen molar-refractivity contribution in [3.63, 3.8) is 0 Å². The van der Waals surface area contributed by atoms with Crippen LogP contribution < -0.4 is 5.32 Å². The fraction of sp³-hybridized carbons (Fsp3) is 0.143. The molecule has 0 radical (unpaired) electrons. The summed E-state index contributed by atoms with van der Waals surface area (Å²) in [6, 6.07) is 16.4. The Morgan fingerprint density at radius 3 is 2.29 bits per heavy atom. The normalized spacial score (nSPS) is 12.4. The van der Waals surface area contributed by atoms with E-state index in [0.717, 1.165) is 15.1 Å². The number of rotatable bonds is 3. The van der Waals surface area contributed by atoms with Crippen molar-refractivity contribution >= 4 is 27.5 Å². The van der Waals surface area contributed by atoms with Crippen molar-refractivity contribution in [2.45, 2.75) is 6.04 Å². The molecule has 0 aliphatic heterocycles. The highest BCUT2D eigenvalue weighted by atomic mass is 79.9. The van der Waals surface area contributed by atoms with Gasteiger partial charge >= 0.3 is 0 Å². The van der Waals surface area contributed by atoms with Crippen LogP contribution in [0, 0.1) is 0 Å². The van der Waals surface area contributed by atoms with Gasteiger partial charge in [-0.3, -0.25) is 0 Å². The van der Waals surface area contributed by atoms with Crippen molar-refractivity contribution in [3.05, 3.63) is 69.2 Å². The molecule has 0 heterocycles. The van der Waals surface area contributed by atoms with E-state index in [1.807, 2.05) is 37.4 Å². The lowest BCUT2D eigenvalue weighted by atomic mass is 9.99. The molecule has 1 atom stereocenters. The Morgan fingerprint density at radius 1 is 1.06 bits per heavy atom. The van der Waals surface area contributed by atoms with E-state index in [-0.39, 0.29) is 6.04 Å². The lowest BCUT2D eigenvalue weighted by molar-refractivity contribution is 0.691. The second kappa shape index (κ2) is 5.67. The summed E-state index contributed by atoms with van der Waals surface area (Å²) in [7, 11) is 1.95. The first-order chi connectivity index (χ1) is 8.20. The molecule has 0 saturated carbocycles. The van der Waals surface area contributed by atoms with Gasteiger partial charge in [-0.2, -0.15) is 0 Å². The summed E-state index contributed by atoms with van der Waals surface area (Å²) in [4.78, 5) is 0. The fourth-order valence-corrected chi connectivity index (χ4v) is 2.51. The number of hydrogen-bond donors (Lipinski definition) is 1. The van der Waals surface area contributed by atoms with Crippen LogP contribution in [0.4, 0.5) is 0 Å². The van der Waals surface area contributed by atoms with Gasteiger partial charge in [-0.05, 0) is 42.4 Å². The van der Waals surface area contributed by atoms with Gasteiger partial charge in [0.25, 0.3) is 0 Å². The molecule has 0 saturated heterocycles. The lowest BCUT2D eigenvalue weighted by Gasteiger charge is -2.17. The van der Waals surface area contributed by atoms with E-state index in [1.54, 1.807) is 0 Å². The Balaban J connectivity index is 2.40. The van der Waals surface area contributed by atoms with Gasteiger partial charge in [0.05, 0.1) is 6.04 Å². The van der Waals surface area contributed by atoms with Gasteiger partial charge in [-0.15, -0.1) is 0 Å². The summed E-state index contributed by atoms with van der Waals surface area (Å²) in [5.41, 5.74) is 2.38. The van der Waals surface area contributed by atoms with Crippen LogP contribution in [-0.4, -0.2) is 7.05 Å². The molecule has 0 aliphatic rings. The van der Waals surface area contributed by atoms with E-state index >= 15 is 0 Å². The zero-order valence-corrected chi connectivity index (χ0v) is 11.8. The third-order valence-corrected chi connectivity index (χ3v) is 3.38. The molecule has 0 bridgehead atoms. The van der Waals surface area contributed by atoms with Crippen molar-refractivity contribution in [1.82, 2.24) is 5.32 Å². The van der Waals surface area contributed by atoms with Crippen LogP contribution in [0.3, 0.4) is 0 Å². The van der Waals surface area contributed by atoms with Crippen molar-refractivity contribution in [3.8, 4) is 0 Å². The van der Waals surface area contributed by atoms with Crippen molar-refractivity contribution < 1.29 is 0 Å². The van der Waals surface area contributed by atoms with E-state index in [9.17, 15) is 0 Å². The molecule has 17 heavy (non-hydrogen) atoms. The molecule has 0 fully saturated rings. The molecule has 0 spiro atoms. The van der Waals surface area contributed by atoms with Crippen LogP contribution >= 0.6 is 27.5 Å². The predicted molar refractivity (Wildman–Crippen MR) is 76.5 cm³/mol. The monoisotopic (exact) mass is 309 g/mol. The molecule has 2 aromatic rings. The number of hydrogen-bond acceptors (Lipinski definition) is 1. The third kappa shape index (κ3) is 3.09. The van der Waals surface area contributed by atoms with Crippen molar-refractivity contribution in [2.75, 3.05) is 7.05 Å². The Bertz CT molecular complexity index is 468. The van der Waals surface area contributed by atoms with Crippen molar-refractivity contribution in [1.29, 1.82) is 0 Å². The number of nitrogens with one attached hydrogen (secondary N) is 1. The molecule has 0 aromatic heterocycles. The zero-order chi connectivity index (χ0) is 12.3. The fourth-order valence-electron chi connectivity index (χ4n) is 1.90. The average Bonchev–Trinajstić information content (AvgIpc) is 2.30. The van der Waals surface area contributed by atoms with Gasteiger partial charge in [0.2, 0.25) is 0 Å². The number of halogens is 2. The van der Waals surface area contributed by atoms with Crippen LogP contribution in [-0.2, 0) is 0 Å². The summed E-state index contributed by atoms with van der Waals surface area (Å²) in [5.74, 6) is 0. The Kier molecular flexibility index (Phi) is 4.21. The molecule has 0 amide bonds. The molecule has 0 aliphatic carbocycles. The largest absolute Gasteiger partial charge is 0.309 e. The average molecular weight is 311 g/mol. The maximum Gasteiger partial charge on any atom is 0.0575 e. The van der Waals surface area contributed by atoms with E-state index in [0.29, 0.717) is 0 Å². The van der Waals surface area contributed by atoms with E-state index in [4.69, 9.17) is 11.6 Å². The van der Waals surface area contributed by atoms with Gasteiger partial charge in [-0.25, -0.2) is 0 Å². The second-order valence-electron chi connectivity index (χ2n) is 3.83. The molecule has 1 N–H and O–H groups in total. The van der Waals surface area contributed by atoms with Crippen LogP contribution in [0.15, 0.2) is 53.0 Å². The molecule has 2 aromatic carbocycles. The van der Waals surface area contributed by atoms with Gasteiger partial charge in [-0.1, -0.05) is 51.8 Å². The Morgan fingerprint density at radius 2 is 1.71 bits per heavy atom. The highest BCUT2D eigenvalue weighted by molar-refractivity contribution is 9.10. The Hall–Kier alpha value is -0.830. The lowest BCUT2D eigenvalue weighted by Crippen LogP contribution is -2.17. The zero-order valence-electron chi connectivity index (χ0n) is 9.45. The molecule has 2 rings (SSSR count). The summed E-state index contributed by atoms with van der Waals surface area (Å²) in [5, 5.41) is 4.07. The van der Waals surface area contributed by atoms with Crippen LogP contribution in [0.2, 0.25) is 5.02 Å². The SMILES string of the molecule is CNC(c1cccc(Cl)c1)c1cccc(Br)c1. The van der Waals surface area contributed by atoms with Crippen molar-refractivity contribution in [2.24, 2.45) is 0 Å². The summed E-state index contributed by atoms with van der Waals surface area (Å²) < 4.78 is 1.08. The quantitative estimate of drug-likeness (QED) is 0.885. The minimum atomic E-state index is 0.159. The van der Waals surface area contributed by atoms with E-state index in [1.165, 1.54) is 5.56 Å².